The summed E-state index contributed by atoms with van der Waals surface area (Å²) in [5, 5.41) is 5.20. The Morgan fingerprint density at radius 3 is 2.48 bits per heavy atom. The highest BCUT2D eigenvalue weighted by Gasteiger charge is 2.18. The molecule has 0 N–H and O–H groups in total. The Hall–Kier alpha value is -4.23. The van der Waals surface area contributed by atoms with Crippen molar-refractivity contribution >= 4 is 33.0 Å². The largest absolute Gasteiger partial charge is 0.496 e. The van der Waals surface area contributed by atoms with Gasteiger partial charge in [-0.05, 0) is 72.0 Å². The fourth-order valence-corrected chi connectivity index (χ4v) is 4.96. The van der Waals surface area contributed by atoms with Gasteiger partial charge in [-0.3, -0.25) is 4.79 Å². The zero-order valence-electron chi connectivity index (χ0n) is 22.9. The first-order chi connectivity index (χ1) is 19.4. The number of aryl methyl sites for hydroxylation is 1. The Balaban J connectivity index is 1.65. The summed E-state index contributed by atoms with van der Waals surface area (Å²) in [7, 11) is 1.67. The van der Waals surface area contributed by atoms with Gasteiger partial charge >= 0.3 is 0 Å². The van der Waals surface area contributed by atoms with Gasteiger partial charge in [0.1, 0.15) is 18.1 Å². The highest BCUT2D eigenvalue weighted by atomic mass is 79.9. The molecule has 1 heterocycles. The molecule has 0 spiro atoms. The van der Waals surface area contributed by atoms with Crippen LogP contribution in [0.1, 0.15) is 42.0 Å². The molecule has 4 aromatic carbocycles. The Labute approximate surface area is 242 Å². The molecule has 0 saturated heterocycles. The number of halogens is 1. The molecule has 6 nitrogen and oxygen atoms in total. The van der Waals surface area contributed by atoms with Gasteiger partial charge in [0, 0.05) is 15.6 Å². The van der Waals surface area contributed by atoms with Crippen LogP contribution in [0, 0.1) is 6.92 Å². The minimum atomic E-state index is -0.250. The molecule has 0 aliphatic heterocycles. The summed E-state index contributed by atoms with van der Waals surface area (Å²) in [6.07, 6.45) is 1.65. The van der Waals surface area contributed by atoms with E-state index in [2.05, 4.69) is 35.8 Å². The monoisotopic (exact) mass is 595 g/mol. The number of nitrogens with zero attached hydrogens (tertiary/aromatic N) is 3. The average Bonchev–Trinajstić information content (AvgIpc) is 2.96. The quantitative estimate of drug-likeness (QED) is 0.172. The van der Waals surface area contributed by atoms with Crippen molar-refractivity contribution < 1.29 is 9.47 Å². The number of para-hydroxylation sites is 1. The van der Waals surface area contributed by atoms with Gasteiger partial charge in [0.05, 0.1) is 24.2 Å². The second kappa shape index (κ2) is 11.9. The van der Waals surface area contributed by atoms with Crippen LogP contribution in [0.3, 0.4) is 0 Å². The second-order valence-corrected chi connectivity index (χ2v) is 10.7. The summed E-state index contributed by atoms with van der Waals surface area (Å²) in [5.41, 5.74) is 4.93. The second-order valence-electron chi connectivity index (χ2n) is 9.83. The lowest BCUT2D eigenvalue weighted by atomic mass is 9.96. The van der Waals surface area contributed by atoms with E-state index in [9.17, 15) is 4.79 Å². The molecule has 5 aromatic rings. The molecule has 202 valence electrons. The van der Waals surface area contributed by atoms with E-state index in [1.807, 2.05) is 79.7 Å². The number of aromatic nitrogens is 2. The molecule has 0 unspecified atom stereocenters. The molecule has 0 saturated carbocycles. The summed E-state index contributed by atoms with van der Waals surface area (Å²) in [6.45, 7) is 6.62. The van der Waals surface area contributed by atoms with E-state index in [-0.39, 0.29) is 11.5 Å². The molecule has 0 fully saturated rings. The van der Waals surface area contributed by atoms with Crippen LogP contribution in [-0.4, -0.2) is 23.0 Å². The summed E-state index contributed by atoms with van der Waals surface area (Å²) >= 11 is 3.55. The van der Waals surface area contributed by atoms with Gasteiger partial charge in [0.2, 0.25) is 0 Å². The maximum absolute atomic E-state index is 13.8. The van der Waals surface area contributed by atoms with Crippen LogP contribution in [0.15, 0.2) is 99.3 Å². The van der Waals surface area contributed by atoms with Crippen LogP contribution in [-0.2, 0) is 6.61 Å². The van der Waals surface area contributed by atoms with Crippen LogP contribution in [0.5, 0.6) is 11.5 Å². The Morgan fingerprint density at radius 1 is 0.975 bits per heavy atom. The van der Waals surface area contributed by atoms with Gasteiger partial charge in [-0.2, -0.15) is 9.78 Å². The fraction of sp³-hybridized carbons (Fsp3) is 0.182. The predicted molar refractivity (Wildman–Crippen MR) is 165 cm³/mol. The number of benzene rings is 4. The lowest BCUT2D eigenvalue weighted by molar-refractivity contribution is 0.305. The number of hydrogen-bond donors (Lipinski definition) is 0. The van der Waals surface area contributed by atoms with E-state index in [0.717, 1.165) is 38.0 Å². The van der Waals surface area contributed by atoms with E-state index >= 15 is 0 Å². The van der Waals surface area contributed by atoms with Gasteiger partial charge in [-0.1, -0.05) is 72.2 Å². The van der Waals surface area contributed by atoms with Crippen LogP contribution in [0.4, 0.5) is 0 Å². The highest BCUT2D eigenvalue weighted by molar-refractivity contribution is 9.10. The summed E-state index contributed by atoms with van der Waals surface area (Å²) < 4.78 is 14.0. The molecule has 40 heavy (non-hydrogen) atoms. The van der Waals surface area contributed by atoms with Crippen molar-refractivity contribution in [3.63, 3.8) is 0 Å². The number of rotatable bonds is 8. The Bertz CT molecular complexity index is 1760. The number of hydrogen-bond acceptors (Lipinski definition) is 5. The van der Waals surface area contributed by atoms with Crippen molar-refractivity contribution in [2.45, 2.75) is 33.3 Å². The molecule has 0 amide bonds. The third-order valence-corrected chi connectivity index (χ3v) is 7.21. The van der Waals surface area contributed by atoms with Gasteiger partial charge < -0.3 is 9.47 Å². The zero-order chi connectivity index (χ0) is 28.2. The molecular weight excluding hydrogens is 566 g/mol. The van der Waals surface area contributed by atoms with E-state index < -0.39 is 0 Å². The molecule has 0 atom stereocenters. The van der Waals surface area contributed by atoms with Crippen LogP contribution in [0.25, 0.3) is 22.3 Å². The van der Waals surface area contributed by atoms with E-state index in [1.54, 1.807) is 19.4 Å². The van der Waals surface area contributed by atoms with Gasteiger partial charge in [0.25, 0.3) is 5.56 Å². The standard InChI is InChI=1S/C33H30BrN3O3/c1-21(2)27-18-28(22(3)16-31(27)39-4)32-36-29-13-9-8-12-26(29)33(38)37(32)35-19-24-17-25(34)14-15-30(24)40-20-23-10-6-5-7-11-23/h5-19,21H,20H2,1-4H3. The zero-order valence-corrected chi connectivity index (χ0v) is 24.5. The predicted octanol–water partition coefficient (Wildman–Crippen LogP) is 7.73. The molecule has 5 rings (SSSR count). The minimum absolute atomic E-state index is 0.212. The van der Waals surface area contributed by atoms with Crippen molar-refractivity contribution in [2.75, 3.05) is 7.11 Å². The molecule has 0 bridgehead atoms. The summed E-state index contributed by atoms with van der Waals surface area (Å²) in [4.78, 5) is 18.7. The van der Waals surface area contributed by atoms with Gasteiger partial charge in [0.15, 0.2) is 5.82 Å². The molecule has 7 heteroatoms. The van der Waals surface area contributed by atoms with Crippen molar-refractivity contribution in [1.82, 2.24) is 9.66 Å². The molecule has 1 aromatic heterocycles. The number of fused-ring (bicyclic) bond motifs is 1. The van der Waals surface area contributed by atoms with Gasteiger partial charge in [-0.25, -0.2) is 4.98 Å². The van der Waals surface area contributed by atoms with E-state index in [4.69, 9.17) is 19.6 Å². The average molecular weight is 597 g/mol. The van der Waals surface area contributed by atoms with Crippen LogP contribution >= 0.6 is 15.9 Å². The first-order valence-electron chi connectivity index (χ1n) is 13.1. The van der Waals surface area contributed by atoms with Crippen LogP contribution < -0.4 is 15.0 Å². The van der Waals surface area contributed by atoms with Crippen LogP contribution in [0.2, 0.25) is 0 Å². The van der Waals surface area contributed by atoms with Crippen molar-refractivity contribution in [3.05, 3.63) is 122 Å². The van der Waals surface area contributed by atoms with Crippen molar-refractivity contribution in [3.8, 4) is 22.9 Å². The Morgan fingerprint density at radius 2 is 1.73 bits per heavy atom. The van der Waals surface area contributed by atoms with Crippen molar-refractivity contribution in [1.29, 1.82) is 0 Å². The summed E-state index contributed by atoms with van der Waals surface area (Å²) in [5.74, 6) is 2.14. The molecule has 0 aliphatic rings. The topological polar surface area (TPSA) is 65.7 Å². The maximum atomic E-state index is 13.8. The first kappa shape index (κ1) is 27.3. The first-order valence-corrected chi connectivity index (χ1v) is 13.9. The lowest BCUT2D eigenvalue weighted by Crippen LogP contribution is -2.21. The van der Waals surface area contributed by atoms with E-state index in [1.165, 1.54) is 4.68 Å². The SMILES string of the molecule is COc1cc(C)c(-c2nc3ccccc3c(=O)n2N=Cc2cc(Br)ccc2OCc2ccccc2)cc1C(C)C. The highest BCUT2D eigenvalue weighted by Crippen LogP contribution is 2.34. The molecule has 0 radical (unpaired) electrons. The molecule has 0 aliphatic carbocycles. The molecular formula is C33H30BrN3O3. The normalized spacial score (nSPS) is 11.4. The smallest absolute Gasteiger partial charge is 0.282 e. The van der Waals surface area contributed by atoms with Gasteiger partial charge in [-0.15, -0.1) is 0 Å². The maximum Gasteiger partial charge on any atom is 0.282 e. The number of ether oxygens (including phenoxy) is 2. The number of methoxy groups -OCH3 is 1. The third-order valence-electron chi connectivity index (χ3n) is 6.71. The van der Waals surface area contributed by atoms with E-state index in [0.29, 0.717) is 29.1 Å². The fourth-order valence-electron chi connectivity index (χ4n) is 4.58. The third kappa shape index (κ3) is 5.70. The Kier molecular flexibility index (Phi) is 8.12. The lowest BCUT2D eigenvalue weighted by Gasteiger charge is -2.17. The summed E-state index contributed by atoms with van der Waals surface area (Å²) in [6, 6.07) is 27.1. The minimum Gasteiger partial charge on any atom is -0.496 e. The van der Waals surface area contributed by atoms with Crippen molar-refractivity contribution in [2.24, 2.45) is 5.10 Å².